The van der Waals surface area contributed by atoms with E-state index in [1.807, 2.05) is 0 Å². The quantitative estimate of drug-likeness (QED) is 0.632. The van der Waals surface area contributed by atoms with Crippen molar-refractivity contribution < 1.29 is 18.0 Å². The van der Waals surface area contributed by atoms with Crippen molar-refractivity contribution in [3.05, 3.63) is 58.6 Å². The molecule has 5 heteroatoms. The summed E-state index contributed by atoms with van der Waals surface area (Å²) in [5.74, 6) is -0.925. The third kappa shape index (κ3) is 1.89. The van der Waals surface area contributed by atoms with E-state index in [-0.39, 0.29) is 27.3 Å². The standard InChI is InChI=1S/C15H7ClF2O2/c16-11-5-6-12-13(14(11)18)10(7-19)15(20-12)8-1-3-9(17)4-2-8/h1-7H. The monoisotopic (exact) mass is 292 g/mol. The molecule has 0 unspecified atom stereocenters. The van der Waals surface area contributed by atoms with Crippen molar-refractivity contribution in [1.82, 2.24) is 0 Å². The lowest BCUT2D eigenvalue weighted by atomic mass is 10.1. The zero-order valence-corrected chi connectivity index (χ0v) is 10.7. The van der Waals surface area contributed by atoms with Crippen molar-refractivity contribution in [2.45, 2.75) is 0 Å². The van der Waals surface area contributed by atoms with Crippen LogP contribution in [0.4, 0.5) is 8.78 Å². The van der Waals surface area contributed by atoms with Gasteiger partial charge in [-0.1, -0.05) is 11.6 Å². The summed E-state index contributed by atoms with van der Waals surface area (Å²) in [6.45, 7) is 0. The topological polar surface area (TPSA) is 30.2 Å². The van der Waals surface area contributed by atoms with Gasteiger partial charge in [0.25, 0.3) is 0 Å². The lowest BCUT2D eigenvalue weighted by Crippen LogP contribution is -1.86. The lowest BCUT2D eigenvalue weighted by Gasteiger charge is -1.97. The average molecular weight is 293 g/mol. The van der Waals surface area contributed by atoms with Gasteiger partial charge in [-0.15, -0.1) is 0 Å². The number of furan rings is 1. The Hall–Kier alpha value is -2.20. The Kier molecular flexibility index (Phi) is 3.03. The fraction of sp³-hybridized carbons (Fsp3) is 0. The van der Waals surface area contributed by atoms with Crippen molar-refractivity contribution in [2.24, 2.45) is 0 Å². The van der Waals surface area contributed by atoms with Crippen LogP contribution < -0.4 is 0 Å². The first kappa shape index (κ1) is 12.8. The van der Waals surface area contributed by atoms with E-state index < -0.39 is 11.6 Å². The first-order valence-electron chi connectivity index (χ1n) is 5.73. The van der Waals surface area contributed by atoms with Gasteiger partial charge in [0.2, 0.25) is 0 Å². The molecular formula is C15H7ClF2O2. The molecule has 0 atom stereocenters. The van der Waals surface area contributed by atoms with Gasteiger partial charge in [-0.2, -0.15) is 0 Å². The van der Waals surface area contributed by atoms with Crippen molar-refractivity contribution >= 4 is 28.9 Å². The van der Waals surface area contributed by atoms with E-state index in [4.69, 9.17) is 16.0 Å². The highest BCUT2D eigenvalue weighted by atomic mass is 35.5. The molecule has 0 fully saturated rings. The Morgan fingerprint density at radius 2 is 1.75 bits per heavy atom. The van der Waals surface area contributed by atoms with E-state index in [1.165, 1.54) is 36.4 Å². The molecule has 2 nitrogen and oxygen atoms in total. The maximum atomic E-state index is 14.0. The molecular weight excluding hydrogens is 286 g/mol. The maximum absolute atomic E-state index is 14.0. The summed E-state index contributed by atoms with van der Waals surface area (Å²) < 4.78 is 32.5. The number of hydrogen-bond acceptors (Lipinski definition) is 2. The highest BCUT2D eigenvalue weighted by Crippen LogP contribution is 2.36. The molecule has 0 amide bonds. The zero-order chi connectivity index (χ0) is 14.3. The molecule has 100 valence electrons. The smallest absolute Gasteiger partial charge is 0.154 e. The normalized spacial score (nSPS) is 10.9. The van der Waals surface area contributed by atoms with Crippen molar-refractivity contribution in [3.63, 3.8) is 0 Å². The van der Waals surface area contributed by atoms with Crippen molar-refractivity contribution in [2.75, 3.05) is 0 Å². The van der Waals surface area contributed by atoms with Crippen LogP contribution in [-0.2, 0) is 0 Å². The van der Waals surface area contributed by atoms with Crippen molar-refractivity contribution in [3.8, 4) is 11.3 Å². The predicted octanol–water partition coefficient (Wildman–Crippen LogP) is 4.84. The minimum atomic E-state index is -0.705. The number of halogens is 3. The average Bonchev–Trinajstić information content (AvgIpc) is 2.83. The number of hydrogen-bond donors (Lipinski definition) is 0. The van der Waals surface area contributed by atoms with Crippen LogP contribution in [0.25, 0.3) is 22.3 Å². The fourth-order valence-electron chi connectivity index (χ4n) is 2.08. The third-order valence-corrected chi connectivity index (χ3v) is 3.30. The number of carbonyl (C=O) groups is 1. The summed E-state index contributed by atoms with van der Waals surface area (Å²) in [6.07, 6.45) is 0.504. The van der Waals surface area contributed by atoms with Crippen LogP contribution >= 0.6 is 11.6 Å². The van der Waals surface area contributed by atoms with E-state index in [2.05, 4.69) is 0 Å². The van der Waals surface area contributed by atoms with Gasteiger partial charge >= 0.3 is 0 Å². The maximum Gasteiger partial charge on any atom is 0.154 e. The number of carbonyl (C=O) groups excluding carboxylic acids is 1. The van der Waals surface area contributed by atoms with Crippen LogP contribution in [0.3, 0.4) is 0 Å². The van der Waals surface area contributed by atoms with Crippen LogP contribution in [0.2, 0.25) is 5.02 Å². The number of benzene rings is 2. The first-order valence-corrected chi connectivity index (χ1v) is 6.11. The molecule has 0 aliphatic carbocycles. The minimum Gasteiger partial charge on any atom is -0.455 e. The Bertz CT molecular complexity index is 807. The summed E-state index contributed by atoms with van der Waals surface area (Å²) in [4.78, 5) is 11.3. The molecule has 3 rings (SSSR count). The van der Waals surface area contributed by atoms with Gasteiger partial charge in [-0.25, -0.2) is 8.78 Å². The Labute approximate surface area is 117 Å². The summed E-state index contributed by atoms with van der Waals surface area (Å²) in [5, 5.41) is -0.0566. The van der Waals surface area contributed by atoms with Crippen LogP contribution in [-0.4, -0.2) is 6.29 Å². The summed E-state index contributed by atoms with van der Waals surface area (Å²) in [5.41, 5.74) is 0.764. The van der Waals surface area contributed by atoms with Gasteiger partial charge in [0.05, 0.1) is 16.0 Å². The van der Waals surface area contributed by atoms with Crippen LogP contribution in [0.5, 0.6) is 0 Å². The van der Waals surface area contributed by atoms with E-state index in [9.17, 15) is 13.6 Å². The Balaban J connectivity index is 2.34. The van der Waals surface area contributed by atoms with Gasteiger partial charge in [0.15, 0.2) is 12.1 Å². The van der Waals surface area contributed by atoms with Crippen LogP contribution in [0.15, 0.2) is 40.8 Å². The van der Waals surface area contributed by atoms with E-state index in [0.717, 1.165) is 0 Å². The van der Waals surface area contributed by atoms with Gasteiger partial charge in [0, 0.05) is 5.56 Å². The molecule has 2 aromatic carbocycles. The number of rotatable bonds is 2. The second kappa shape index (κ2) is 4.72. The molecule has 0 saturated carbocycles. The summed E-state index contributed by atoms with van der Waals surface area (Å²) >= 11 is 5.71. The SMILES string of the molecule is O=Cc1c(-c2ccc(F)cc2)oc2ccc(Cl)c(F)c12. The highest BCUT2D eigenvalue weighted by Gasteiger charge is 2.20. The lowest BCUT2D eigenvalue weighted by molar-refractivity contribution is 0.112. The molecule has 0 saturated heterocycles. The molecule has 0 bridgehead atoms. The molecule has 3 aromatic rings. The van der Waals surface area contributed by atoms with E-state index in [1.54, 1.807) is 0 Å². The fourth-order valence-corrected chi connectivity index (χ4v) is 2.23. The Morgan fingerprint density at radius 1 is 1.05 bits per heavy atom. The molecule has 1 aromatic heterocycles. The predicted molar refractivity (Wildman–Crippen MR) is 72.0 cm³/mol. The second-order valence-electron chi connectivity index (χ2n) is 4.20. The largest absolute Gasteiger partial charge is 0.455 e. The van der Waals surface area contributed by atoms with Gasteiger partial charge in [-0.05, 0) is 36.4 Å². The van der Waals surface area contributed by atoms with Gasteiger partial charge in [-0.3, -0.25) is 4.79 Å². The zero-order valence-electron chi connectivity index (χ0n) is 9.99. The molecule has 0 spiro atoms. The molecule has 20 heavy (non-hydrogen) atoms. The first-order chi connectivity index (χ1) is 9.61. The second-order valence-corrected chi connectivity index (χ2v) is 4.61. The van der Waals surface area contributed by atoms with E-state index in [0.29, 0.717) is 11.8 Å². The Morgan fingerprint density at radius 3 is 2.40 bits per heavy atom. The number of aldehydes is 1. The molecule has 0 aliphatic rings. The van der Waals surface area contributed by atoms with E-state index >= 15 is 0 Å². The van der Waals surface area contributed by atoms with Crippen LogP contribution in [0.1, 0.15) is 10.4 Å². The molecule has 0 aliphatic heterocycles. The molecule has 0 radical (unpaired) electrons. The van der Waals surface area contributed by atoms with Gasteiger partial charge in [0.1, 0.15) is 17.2 Å². The van der Waals surface area contributed by atoms with Crippen LogP contribution in [0, 0.1) is 11.6 Å². The highest BCUT2D eigenvalue weighted by molar-refractivity contribution is 6.31. The summed E-state index contributed by atoms with van der Waals surface area (Å²) in [7, 11) is 0. The molecule has 0 N–H and O–H groups in total. The third-order valence-electron chi connectivity index (χ3n) is 3.01. The molecule has 1 heterocycles. The number of fused-ring (bicyclic) bond motifs is 1. The summed E-state index contributed by atoms with van der Waals surface area (Å²) in [6, 6.07) is 8.23. The van der Waals surface area contributed by atoms with Gasteiger partial charge < -0.3 is 4.42 Å². The minimum absolute atomic E-state index is 0.0341. The van der Waals surface area contributed by atoms with Crippen molar-refractivity contribution in [1.29, 1.82) is 0 Å².